The van der Waals surface area contributed by atoms with Gasteiger partial charge in [-0.15, -0.1) is 0 Å². The molecule has 0 bridgehead atoms. The molecule has 288 valence electrons. The maximum atomic E-state index is 15.7. The summed E-state index contributed by atoms with van der Waals surface area (Å²) in [5.41, 5.74) is 12.1. The Morgan fingerprint density at radius 1 is 0.945 bits per heavy atom. The molecule has 0 radical (unpaired) electrons. The fourth-order valence-electron chi connectivity index (χ4n) is 7.54. The van der Waals surface area contributed by atoms with Crippen molar-refractivity contribution in [2.45, 2.75) is 65.3 Å². The molecule has 2 aliphatic heterocycles. The SMILES string of the molecule is CCc1nc2c(cnn2CC)c(NC2CCOCC2)c1CN(Cc1ccc(F)c(-c2cccc(CN3CCN(C)CC3)c2)c1)C(=O)c1cccc(C(N)=O)n1. The Kier molecular flexibility index (Phi) is 11.8. The number of carbonyl (C=O) groups is 2. The number of nitrogens with one attached hydrogen (secondary N) is 1. The number of likely N-dealkylation sites (N-methyl/N-ethyl adjacent to an activating group) is 1. The number of carbonyl (C=O) groups excluding carboxylic acids is 2. The molecular weight excluding hydrogens is 698 g/mol. The van der Waals surface area contributed by atoms with Gasteiger partial charge in [-0.05, 0) is 80.3 Å². The van der Waals surface area contributed by atoms with Crippen LogP contribution in [0.4, 0.5) is 10.1 Å². The van der Waals surface area contributed by atoms with Crippen molar-refractivity contribution in [3.8, 4) is 11.1 Å². The van der Waals surface area contributed by atoms with Crippen molar-refractivity contribution < 1.29 is 18.7 Å². The lowest BCUT2D eigenvalue weighted by atomic mass is 9.99. The highest BCUT2D eigenvalue weighted by Crippen LogP contribution is 2.33. The summed E-state index contributed by atoms with van der Waals surface area (Å²) in [6.45, 7) is 11.2. The van der Waals surface area contributed by atoms with Gasteiger partial charge in [-0.2, -0.15) is 5.10 Å². The van der Waals surface area contributed by atoms with E-state index in [9.17, 15) is 9.59 Å². The number of nitrogens with two attached hydrogens (primary N) is 1. The molecule has 2 aliphatic rings. The van der Waals surface area contributed by atoms with Gasteiger partial charge in [-0.25, -0.2) is 19.0 Å². The predicted octanol–water partition coefficient (Wildman–Crippen LogP) is 5.49. The van der Waals surface area contributed by atoms with Crippen LogP contribution in [0.2, 0.25) is 0 Å². The number of nitrogens with zero attached hydrogens (tertiary/aromatic N) is 7. The van der Waals surface area contributed by atoms with Gasteiger partial charge >= 0.3 is 0 Å². The van der Waals surface area contributed by atoms with E-state index in [2.05, 4.69) is 51.3 Å². The van der Waals surface area contributed by atoms with Crippen molar-refractivity contribution in [1.29, 1.82) is 0 Å². The molecule has 3 aromatic heterocycles. The number of primary amides is 1. The van der Waals surface area contributed by atoms with Crippen molar-refractivity contribution >= 4 is 28.5 Å². The largest absolute Gasteiger partial charge is 0.381 e. The third kappa shape index (κ3) is 8.69. The van der Waals surface area contributed by atoms with Crippen LogP contribution in [0.1, 0.15) is 70.1 Å². The zero-order valence-electron chi connectivity index (χ0n) is 31.9. The lowest BCUT2D eigenvalue weighted by Gasteiger charge is -2.32. The molecule has 12 nitrogen and oxygen atoms in total. The number of rotatable bonds is 13. The second-order valence-corrected chi connectivity index (χ2v) is 14.5. The third-order valence-electron chi connectivity index (χ3n) is 10.7. The van der Waals surface area contributed by atoms with Crippen LogP contribution in [0.25, 0.3) is 22.2 Å². The maximum Gasteiger partial charge on any atom is 0.273 e. The zero-order valence-corrected chi connectivity index (χ0v) is 31.9. The molecule has 2 aromatic carbocycles. The van der Waals surface area contributed by atoms with Gasteiger partial charge in [0.05, 0.1) is 23.8 Å². The first-order valence-corrected chi connectivity index (χ1v) is 19.3. The number of ether oxygens (including phenoxy) is 1. The van der Waals surface area contributed by atoms with E-state index in [0.29, 0.717) is 31.7 Å². The van der Waals surface area contributed by atoms with Crippen LogP contribution in [0.5, 0.6) is 0 Å². The molecule has 0 atom stereocenters. The van der Waals surface area contributed by atoms with Gasteiger partial charge in [0.1, 0.15) is 17.2 Å². The monoisotopic (exact) mass is 747 g/mol. The van der Waals surface area contributed by atoms with Crippen LogP contribution in [0.3, 0.4) is 0 Å². The van der Waals surface area contributed by atoms with E-state index >= 15 is 4.39 Å². The lowest BCUT2D eigenvalue weighted by molar-refractivity contribution is 0.0723. The van der Waals surface area contributed by atoms with Gasteiger partial charge in [0.15, 0.2) is 5.65 Å². The lowest BCUT2D eigenvalue weighted by Crippen LogP contribution is -2.43. The van der Waals surface area contributed by atoms with Crippen LogP contribution in [-0.2, 0) is 37.3 Å². The fraction of sp³-hybridized carbons (Fsp3) is 0.405. The minimum atomic E-state index is -0.724. The number of hydrogen-bond acceptors (Lipinski definition) is 9. The van der Waals surface area contributed by atoms with Gasteiger partial charge in [-0.3, -0.25) is 14.5 Å². The van der Waals surface area contributed by atoms with Crippen molar-refractivity contribution in [3.05, 3.63) is 106 Å². The van der Waals surface area contributed by atoms with Gasteiger partial charge < -0.3 is 25.6 Å². The van der Waals surface area contributed by atoms with Gasteiger partial charge in [0.2, 0.25) is 0 Å². The Balaban J connectivity index is 1.27. The highest BCUT2D eigenvalue weighted by Gasteiger charge is 2.27. The van der Waals surface area contributed by atoms with Crippen LogP contribution < -0.4 is 11.1 Å². The first-order chi connectivity index (χ1) is 26.7. The van der Waals surface area contributed by atoms with Crippen molar-refractivity contribution in [2.24, 2.45) is 5.73 Å². The Morgan fingerprint density at radius 2 is 1.71 bits per heavy atom. The second-order valence-electron chi connectivity index (χ2n) is 14.5. The molecular formula is C42H50FN9O3. The molecule has 2 fully saturated rings. The van der Waals surface area contributed by atoms with E-state index in [1.165, 1.54) is 12.1 Å². The number of aromatic nitrogens is 4. The van der Waals surface area contributed by atoms with Crippen molar-refractivity contribution in [3.63, 3.8) is 0 Å². The van der Waals surface area contributed by atoms with Crippen molar-refractivity contribution in [2.75, 3.05) is 51.8 Å². The Bertz CT molecular complexity index is 2160. The number of fused-ring (bicyclic) bond motifs is 1. The average Bonchev–Trinajstić information content (AvgIpc) is 3.63. The van der Waals surface area contributed by atoms with Gasteiger partial charge in [0.25, 0.3) is 11.8 Å². The minimum absolute atomic E-state index is 0.00231. The fourth-order valence-corrected chi connectivity index (χ4v) is 7.54. The molecule has 2 saturated heterocycles. The van der Waals surface area contributed by atoms with Crippen LogP contribution in [-0.4, -0.2) is 98.7 Å². The number of piperazine rings is 1. The summed E-state index contributed by atoms with van der Waals surface area (Å²) in [5, 5.41) is 9.33. The number of anilines is 1. The number of aryl methyl sites for hydroxylation is 2. The van der Waals surface area contributed by atoms with E-state index in [1.54, 1.807) is 23.1 Å². The number of hydrogen-bond donors (Lipinski definition) is 2. The molecule has 2 amide bonds. The quantitative estimate of drug-likeness (QED) is 0.160. The summed E-state index contributed by atoms with van der Waals surface area (Å²) in [6, 6.07) is 17.9. The van der Waals surface area contributed by atoms with Crippen molar-refractivity contribution in [1.82, 2.24) is 34.4 Å². The number of amides is 2. The first-order valence-electron chi connectivity index (χ1n) is 19.3. The van der Waals surface area contributed by atoms with E-state index in [1.807, 2.05) is 36.0 Å². The number of benzene rings is 2. The second kappa shape index (κ2) is 17.1. The van der Waals surface area contributed by atoms with Gasteiger partial charge in [-0.1, -0.05) is 37.3 Å². The molecule has 5 heterocycles. The van der Waals surface area contributed by atoms with E-state index in [0.717, 1.165) is 90.2 Å². The third-order valence-corrected chi connectivity index (χ3v) is 10.7. The van der Waals surface area contributed by atoms with E-state index in [-0.39, 0.29) is 36.3 Å². The summed E-state index contributed by atoms with van der Waals surface area (Å²) in [5.74, 6) is -1.46. The normalized spacial score (nSPS) is 15.7. The summed E-state index contributed by atoms with van der Waals surface area (Å²) < 4.78 is 23.2. The molecule has 3 N–H and O–H groups in total. The molecule has 0 aliphatic carbocycles. The average molecular weight is 748 g/mol. The number of pyridine rings is 2. The molecule has 0 spiro atoms. The van der Waals surface area contributed by atoms with Gasteiger partial charge in [0, 0.05) is 81.9 Å². The first kappa shape index (κ1) is 38.1. The summed E-state index contributed by atoms with van der Waals surface area (Å²) in [7, 11) is 2.14. The van der Waals surface area contributed by atoms with E-state index in [4.69, 9.17) is 15.5 Å². The summed E-state index contributed by atoms with van der Waals surface area (Å²) in [4.78, 5) is 42.6. The van der Waals surface area contributed by atoms with Crippen LogP contribution >= 0.6 is 0 Å². The van der Waals surface area contributed by atoms with Crippen LogP contribution in [0, 0.1) is 5.82 Å². The zero-order chi connectivity index (χ0) is 38.5. The van der Waals surface area contributed by atoms with Crippen LogP contribution in [0.15, 0.2) is 66.9 Å². The molecule has 0 saturated carbocycles. The Morgan fingerprint density at radius 3 is 2.45 bits per heavy atom. The topological polar surface area (TPSA) is 135 Å². The highest BCUT2D eigenvalue weighted by atomic mass is 19.1. The highest BCUT2D eigenvalue weighted by molar-refractivity contribution is 5.96. The molecule has 7 rings (SSSR count). The molecule has 0 unspecified atom stereocenters. The molecule has 55 heavy (non-hydrogen) atoms. The predicted molar refractivity (Wildman–Crippen MR) is 211 cm³/mol. The standard InChI is InChI=1S/C42H50FN9O3/c1-4-36-34(39(46-31-14-20-55-21-15-31)33-24-45-52(5-2)41(33)48-36)27-51(42(54)38-11-7-10-37(47-38)40(44)53)26-29-12-13-35(43)32(23-29)30-9-6-8-28(22-30)25-50-18-16-49(3)17-19-50/h6-13,22-24,31H,4-5,14-21,25-27H2,1-3H3,(H2,44,53)(H,46,48). The smallest absolute Gasteiger partial charge is 0.273 e. The number of halogens is 1. The van der Waals surface area contributed by atoms with E-state index < -0.39 is 11.8 Å². The minimum Gasteiger partial charge on any atom is -0.381 e. The molecule has 13 heteroatoms. The summed E-state index contributed by atoms with van der Waals surface area (Å²) >= 11 is 0. The Hall–Kier alpha value is -5.24. The molecule has 5 aromatic rings. The summed E-state index contributed by atoms with van der Waals surface area (Å²) in [6.07, 6.45) is 4.14. The Labute approximate surface area is 321 Å². The maximum absolute atomic E-state index is 15.7.